The summed E-state index contributed by atoms with van der Waals surface area (Å²) in [6, 6.07) is 14.6. The lowest BCUT2D eigenvalue weighted by molar-refractivity contribution is -0.0122. The summed E-state index contributed by atoms with van der Waals surface area (Å²) < 4.78 is 0. The molecule has 0 bridgehead atoms. The van der Waals surface area contributed by atoms with Crippen LogP contribution in [0.4, 0.5) is 4.79 Å². The maximum absolute atomic E-state index is 12.1. The van der Waals surface area contributed by atoms with E-state index in [4.69, 9.17) is 0 Å². The van der Waals surface area contributed by atoms with Gasteiger partial charge in [-0.15, -0.1) is 0 Å². The smallest absolute Gasteiger partial charge is 0.314 e. The van der Waals surface area contributed by atoms with Gasteiger partial charge in [0.05, 0.1) is 5.60 Å². The second-order valence-electron chi connectivity index (χ2n) is 8.04. The predicted molar refractivity (Wildman–Crippen MR) is 110 cm³/mol. The summed E-state index contributed by atoms with van der Waals surface area (Å²) in [5, 5.41) is 18.9. The first-order valence-electron chi connectivity index (χ1n) is 9.84. The van der Waals surface area contributed by atoms with Crippen molar-refractivity contribution in [1.29, 1.82) is 0 Å². The van der Waals surface area contributed by atoms with Gasteiger partial charge >= 0.3 is 6.03 Å². The molecule has 3 rings (SSSR count). The first kappa shape index (κ1) is 19.6. The van der Waals surface area contributed by atoms with Gasteiger partial charge in [-0.05, 0) is 48.6 Å². The van der Waals surface area contributed by atoms with E-state index >= 15 is 0 Å². The average Bonchev–Trinajstić information content (AvgIpc) is 2.68. The molecule has 2 amide bonds. The molecule has 3 N–H and O–H groups in total. The minimum Gasteiger partial charge on any atom is -0.388 e. The third-order valence-electron chi connectivity index (χ3n) is 5.56. The fourth-order valence-corrected chi connectivity index (χ4v) is 3.70. The summed E-state index contributed by atoms with van der Waals surface area (Å²) in [6.45, 7) is 4.79. The van der Waals surface area contributed by atoms with Crippen LogP contribution in [-0.2, 0) is 6.42 Å². The molecule has 0 aliphatic carbocycles. The molecule has 1 heterocycles. The molecular formula is C22H31N3O2. The van der Waals surface area contributed by atoms with Gasteiger partial charge in [0.2, 0.25) is 0 Å². The van der Waals surface area contributed by atoms with Crippen molar-refractivity contribution in [2.24, 2.45) is 5.92 Å². The van der Waals surface area contributed by atoms with Crippen LogP contribution < -0.4 is 10.6 Å². The summed E-state index contributed by atoms with van der Waals surface area (Å²) in [5.74, 6) is 0.327. The summed E-state index contributed by atoms with van der Waals surface area (Å²) in [7, 11) is 2.05. The van der Waals surface area contributed by atoms with Crippen molar-refractivity contribution >= 4 is 16.8 Å². The minimum atomic E-state index is -0.779. The van der Waals surface area contributed by atoms with Gasteiger partial charge in [-0.2, -0.15) is 0 Å². The molecule has 0 radical (unpaired) electrons. The number of likely N-dealkylation sites (tertiary alicyclic amines) is 1. The highest BCUT2D eigenvalue weighted by atomic mass is 16.3. The van der Waals surface area contributed by atoms with E-state index < -0.39 is 5.60 Å². The van der Waals surface area contributed by atoms with Crippen molar-refractivity contribution in [3.8, 4) is 0 Å². The summed E-state index contributed by atoms with van der Waals surface area (Å²) in [4.78, 5) is 14.3. The highest BCUT2D eigenvalue weighted by molar-refractivity contribution is 5.85. The van der Waals surface area contributed by atoms with Crippen LogP contribution >= 0.6 is 0 Å². The second-order valence-corrected chi connectivity index (χ2v) is 8.04. The number of urea groups is 1. The number of nitrogens with zero attached hydrogens (tertiary/aromatic N) is 1. The van der Waals surface area contributed by atoms with E-state index in [1.54, 1.807) is 0 Å². The van der Waals surface area contributed by atoms with E-state index in [-0.39, 0.29) is 6.03 Å². The number of piperidine rings is 1. The van der Waals surface area contributed by atoms with Crippen LogP contribution in [0.25, 0.3) is 10.8 Å². The number of carbonyl (C=O) groups is 1. The Morgan fingerprint density at radius 3 is 2.63 bits per heavy atom. The highest BCUT2D eigenvalue weighted by Crippen LogP contribution is 2.21. The number of benzene rings is 2. The summed E-state index contributed by atoms with van der Waals surface area (Å²) in [5.41, 5.74) is 0.529. The Balaban J connectivity index is 1.44. The molecule has 0 spiro atoms. The second kappa shape index (κ2) is 8.72. The zero-order chi connectivity index (χ0) is 19.3. The number of aliphatic hydroxyl groups is 1. The molecular weight excluding hydrogens is 338 g/mol. The lowest BCUT2D eigenvalue weighted by Crippen LogP contribution is -2.51. The Morgan fingerprint density at radius 2 is 1.85 bits per heavy atom. The third kappa shape index (κ3) is 5.44. The van der Waals surface area contributed by atoms with Crippen molar-refractivity contribution in [3.63, 3.8) is 0 Å². The van der Waals surface area contributed by atoms with Crippen LogP contribution in [-0.4, -0.2) is 54.9 Å². The van der Waals surface area contributed by atoms with Crippen LogP contribution in [0.2, 0.25) is 0 Å². The number of fused-ring (bicyclic) bond motifs is 1. The molecule has 1 fully saturated rings. The van der Waals surface area contributed by atoms with E-state index in [1.165, 1.54) is 16.3 Å². The van der Waals surface area contributed by atoms with Crippen LogP contribution in [0.15, 0.2) is 42.5 Å². The van der Waals surface area contributed by atoms with Crippen LogP contribution in [0.3, 0.4) is 0 Å². The van der Waals surface area contributed by atoms with Crippen molar-refractivity contribution in [2.75, 3.05) is 33.2 Å². The van der Waals surface area contributed by atoms with Gasteiger partial charge < -0.3 is 20.6 Å². The van der Waals surface area contributed by atoms with Gasteiger partial charge in [-0.1, -0.05) is 49.4 Å². The molecule has 5 heteroatoms. The van der Waals surface area contributed by atoms with Gasteiger partial charge in [0.1, 0.15) is 0 Å². The van der Waals surface area contributed by atoms with E-state index in [0.717, 1.165) is 19.5 Å². The third-order valence-corrected chi connectivity index (χ3v) is 5.56. The van der Waals surface area contributed by atoms with Crippen LogP contribution in [0.1, 0.15) is 25.3 Å². The van der Waals surface area contributed by atoms with Crippen molar-refractivity contribution in [3.05, 3.63) is 48.0 Å². The molecule has 1 saturated heterocycles. The molecule has 1 unspecified atom stereocenters. The number of amides is 2. The molecule has 146 valence electrons. The van der Waals surface area contributed by atoms with Crippen LogP contribution in [0, 0.1) is 5.92 Å². The number of nitrogens with one attached hydrogen (secondary N) is 2. The average molecular weight is 370 g/mol. The summed E-state index contributed by atoms with van der Waals surface area (Å²) >= 11 is 0. The van der Waals surface area contributed by atoms with Crippen molar-refractivity contribution in [1.82, 2.24) is 15.5 Å². The first-order valence-corrected chi connectivity index (χ1v) is 9.84. The quantitative estimate of drug-likeness (QED) is 0.734. The Hall–Kier alpha value is -2.11. The molecule has 2 aromatic rings. The maximum Gasteiger partial charge on any atom is 0.314 e. The van der Waals surface area contributed by atoms with Gasteiger partial charge in [0, 0.05) is 26.2 Å². The lowest BCUT2D eigenvalue weighted by Gasteiger charge is -2.36. The predicted octanol–water partition coefficient (Wildman–Crippen LogP) is 2.77. The van der Waals surface area contributed by atoms with Gasteiger partial charge in [-0.3, -0.25) is 0 Å². The topological polar surface area (TPSA) is 64.6 Å². The van der Waals surface area contributed by atoms with E-state index in [0.29, 0.717) is 31.8 Å². The van der Waals surface area contributed by atoms with E-state index in [1.807, 2.05) is 0 Å². The highest BCUT2D eigenvalue weighted by Gasteiger charge is 2.31. The monoisotopic (exact) mass is 369 g/mol. The van der Waals surface area contributed by atoms with E-state index in [2.05, 4.69) is 72.0 Å². The minimum absolute atomic E-state index is 0.202. The molecule has 1 aliphatic heterocycles. The largest absolute Gasteiger partial charge is 0.388 e. The summed E-state index contributed by atoms with van der Waals surface area (Å²) in [6.07, 6.45) is 2.31. The van der Waals surface area contributed by atoms with E-state index in [9.17, 15) is 9.90 Å². The Labute approximate surface area is 161 Å². The zero-order valence-electron chi connectivity index (χ0n) is 16.4. The fourth-order valence-electron chi connectivity index (χ4n) is 3.70. The first-order chi connectivity index (χ1) is 13.0. The zero-order valence-corrected chi connectivity index (χ0v) is 16.4. The standard InChI is InChI=1S/C22H31N3O2/c1-17(14-19-8-5-7-18-6-3-4-9-20(18)19)15-23-21(26)24-16-22(27)10-12-25(2)13-11-22/h3-9,17,27H,10-16H2,1-2H3,(H2,23,24,26). The molecule has 0 saturated carbocycles. The van der Waals surface area contributed by atoms with Gasteiger partial charge in [0.25, 0.3) is 0 Å². The number of hydrogen-bond donors (Lipinski definition) is 3. The Morgan fingerprint density at radius 1 is 1.15 bits per heavy atom. The number of rotatable bonds is 6. The van der Waals surface area contributed by atoms with Crippen molar-refractivity contribution < 1.29 is 9.90 Å². The fraction of sp³-hybridized carbons (Fsp3) is 0.500. The SMILES string of the molecule is CC(CNC(=O)NCC1(O)CCN(C)CC1)Cc1cccc2ccccc12. The molecule has 1 aliphatic rings. The number of carbonyl (C=O) groups excluding carboxylic acids is 1. The molecule has 27 heavy (non-hydrogen) atoms. The Kier molecular flexibility index (Phi) is 6.34. The maximum atomic E-state index is 12.1. The van der Waals surface area contributed by atoms with Crippen LogP contribution in [0.5, 0.6) is 0 Å². The van der Waals surface area contributed by atoms with Gasteiger partial charge in [0.15, 0.2) is 0 Å². The lowest BCUT2D eigenvalue weighted by atomic mass is 9.92. The molecule has 2 aromatic carbocycles. The molecule has 5 nitrogen and oxygen atoms in total. The van der Waals surface area contributed by atoms with Gasteiger partial charge in [-0.25, -0.2) is 4.79 Å². The Bertz CT molecular complexity index is 764. The number of hydrogen-bond acceptors (Lipinski definition) is 3. The molecule has 0 aromatic heterocycles. The van der Waals surface area contributed by atoms with Crippen molar-refractivity contribution in [2.45, 2.75) is 31.8 Å². The molecule has 1 atom stereocenters. The normalized spacial score (nSPS) is 18.2.